The average Bonchev–Trinajstić information content (AvgIpc) is 3.40. The first kappa shape index (κ1) is 19.1. The number of rotatable bonds is 5. The summed E-state index contributed by atoms with van der Waals surface area (Å²) in [7, 11) is 0. The maximum atomic E-state index is 13.0. The minimum atomic E-state index is -0.0167. The van der Waals surface area contributed by atoms with E-state index in [9.17, 15) is 9.59 Å². The summed E-state index contributed by atoms with van der Waals surface area (Å²) in [5.41, 5.74) is 3.63. The van der Waals surface area contributed by atoms with Crippen LogP contribution >= 0.6 is 11.3 Å². The summed E-state index contributed by atoms with van der Waals surface area (Å²) in [6.45, 7) is 3.08. The maximum absolute atomic E-state index is 13.0. The van der Waals surface area contributed by atoms with E-state index in [4.69, 9.17) is 0 Å². The molecule has 1 aromatic heterocycles. The van der Waals surface area contributed by atoms with Crippen LogP contribution in [0.15, 0.2) is 35.8 Å². The SMILES string of the molecule is O=C(CN1CCN(C(=O)c2scnc2C2CCCC2)CC1)Nc1ccccc1. The fourth-order valence-corrected chi connectivity index (χ4v) is 4.92. The Kier molecular flexibility index (Phi) is 6.02. The van der Waals surface area contributed by atoms with Gasteiger partial charge in [-0.25, -0.2) is 4.98 Å². The molecule has 1 aliphatic heterocycles. The molecule has 2 aromatic rings. The molecule has 1 N–H and O–H groups in total. The molecule has 0 unspecified atom stereocenters. The average molecular weight is 399 g/mol. The van der Waals surface area contributed by atoms with Gasteiger partial charge in [0.2, 0.25) is 5.91 Å². The molecule has 1 aromatic carbocycles. The number of piperazine rings is 1. The second kappa shape index (κ2) is 8.84. The number of anilines is 1. The first-order valence-electron chi connectivity index (χ1n) is 10.0. The summed E-state index contributed by atoms with van der Waals surface area (Å²) in [5, 5.41) is 2.92. The van der Waals surface area contributed by atoms with Crippen LogP contribution in [0.25, 0.3) is 0 Å². The van der Waals surface area contributed by atoms with Gasteiger partial charge in [-0.05, 0) is 25.0 Å². The molecule has 1 saturated carbocycles. The predicted molar refractivity (Wildman–Crippen MR) is 111 cm³/mol. The summed E-state index contributed by atoms with van der Waals surface area (Å²) in [4.78, 5) is 34.6. The third kappa shape index (κ3) is 4.42. The van der Waals surface area contributed by atoms with Crippen LogP contribution in [0.4, 0.5) is 5.69 Å². The number of para-hydroxylation sites is 1. The zero-order valence-electron chi connectivity index (χ0n) is 16.0. The summed E-state index contributed by atoms with van der Waals surface area (Å²) in [6, 6.07) is 9.49. The van der Waals surface area contributed by atoms with Gasteiger partial charge < -0.3 is 10.2 Å². The first-order valence-corrected chi connectivity index (χ1v) is 10.9. The van der Waals surface area contributed by atoms with Gasteiger partial charge >= 0.3 is 0 Å². The number of carbonyl (C=O) groups excluding carboxylic acids is 2. The van der Waals surface area contributed by atoms with E-state index in [-0.39, 0.29) is 11.8 Å². The molecule has 0 spiro atoms. The lowest BCUT2D eigenvalue weighted by Crippen LogP contribution is -2.50. The molecule has 7 heteroatoms. The van der Waals surface area contributed by atoms with Gasteiger partial charge in [0, 0.05) is 37.8 Å². The molecular weight excluding hydrogens is 372 g/mol. The molecule has 2 aliphatic rings. The Morgan fingerprint density at radius 2 is 1.79 bits per heavy atom. The number of hydrogen-bond acceptors (Lipinski definition) is 5. The quantitative estimate of drug-likeness (QED) is 0.840. The molecule has 2 fully saturated rings. The van der Waals surface area contributed by atoms with E-state index < -0.39 is 0 Å². The molecule has 2 amide bonds. The normalized spacial score (nSPS) is 18.4. The minimum absolute atomic E-state index is 0.0167. The van der Waals surface area contributed by atoms with Crippen molar-refractivity contribution in [3.05, 3.63) is 46.4 Å². The van der Waals surface area contributed by atoms with E-state index in [0.717, 1.165) is 29.1 Å². The second-order valence-corrected chi connectivity index (χ2v) is 8.39. The zero-order chi connectivity index (χ0) is 19.3. The highest BCUT2D eigenvalue weighted by molar-refractivity contribution is 7.11. The van der Waals surface area contributed by atoms with Gasteiger partial charge in [0.1, 0.15) is 4.88 Å². The summed E-state index contributed by atoms with van der Waals surface area (Å²) >= 11 is 1.47. The Balaban J connectivity index is 1.29. The van der Waals surface area contributed by atoms with Crippen molar-refractivity contribution < 1.29 is 9.59 Å². The fraction of sp³-hybridized carbons (Fsp3) is 0.476. The molecule has 2 heterocycles. The molecule has 0 bridgehead atoms. The Morgan fingerprint density at radius 3 is 2.50 bits per heavy atom. The van der Waals surface area contributed by atoms with Gasteiger partial charge in [-0.2, -0.15) is 0 Å². The minimum Gasteiger partial charge on any atom is -0.335 e. The monoisotopic (exact) mass is 398 g/mol. The van der Waals surface area contributed by atoms with Gasteiger partial charge in [-0.3, -0.25) is 14.5 Å². The van der Waals surface area contributed by atoms with Gasteiger partial charge in [0.05, 0.1) is 17.7 Å². The number of benzene rings is 1. The lowest BCUT2D eigenvalue weighted by Gasteiger charge is -2.34. The van der Waals surface area contributed by atoms with Crippen LogP contribution in [0, 0.1) is 0 Å². The van der Waals surface area contributed by atoms with E-state index in [1.54, 1.807) is 0 Å². The van der Waals surface area contributed by atoms with E-state index in [2.05, 4.69) is 15.2 Å². The molecule has 0 radical (unpaired) electrons. The van der Waals surface area contributed by atoms with Crippen LogP contribution in [-0.2, 0) is 4.79 Å². The Labute approximate surface area is 169 Å². The van der Waals surface area contributed by atoms with E-state index in [1.807, 2.05) is 40.7 Å². The van der Waals surface area contributed by atoms with Crippen LogP contribution in [-0.4, -0.2) is 59.3 Å². The molecule has 4 rings (SSSR count). The summed E-state index contributed by atoms with van der Waals surface area (Å²) < 4.78 is 0. The lowest BCUT2D eigenvalue weighted by atomic mass is 10.0. The third-order valence-electron chi connectivity index (χ3n) is 5.62. The molecule has 148 valence electrons. The van der Waals surface area contributed by atoms with E-state index in [0.29, 0.717) is 38.6 Å². The Hall–Kier alpha value is -2.25. The number of carbonyl (C=O) groups is 2. The van der Waals surface area contributed by atoms with Crippen molar-refractivity contribution >= 4 is 28.8 Å². The topological polar surface area (TPSA) is 65.5 Å². The molecule has 28 heavy (non-hydrogen) atoms. The van der Waals surface area contributed by atoms with E-state index >= 15 is 0 Å². The summed E-state index contributed by atoms with van der Waals surface area (Å²) in [5.74, 6) is 0.544. The predicted octanol–water partition coefficient (Wildman–Crippen LogP) is 3.20. The van der Waals surface area contributed by atoms with Crippen LogP contribution in [0.5, 0.6) is 0 Å². The van der Waals surface area contributed by atoms with Crippen LogP contribution in [0.2, 0.25) is 0 Å². The van der Waals surface area contributed by atoms with Crippen molar-refractivity contribution in [2.24, 2.45) is 0 Å². The number of nitrogens with one attached hydrogen (secondary N) is 1. The highest BCUT2D eigenvalue weighted by Crippen LogP contribution is 2.36. The number of thiazole rings is 1. The fourth-order valence-electron chi connectivity index (χ4n) is 4.08. The van der Waals surface area contributed by atoms with E-state index in [1.165, 1.54) is 24.2 Å². The summed E-state index contributed by atoms with van der Waals surface area (Å²) in [6.07, 6.45) is 4.77. The van der Waals surface area contributed by atoms with Gasteiger partial charge in [-0.15, -0.1) is 11.3 Å². The zero-order valence-corrected chi connectivity index (χ0v) is 16.8. The molecule has 1 saturated heterocycles. The van der Waals surface area contributed by atoms with Crippen molar-refractivity contribution in [1.29, 1.82) is 0 Å². The smallest absolute Gasteiger partial charge is 0.265 e. The van der Waals surface area contributed by atoms with Crippen LogP contribution in [0.1, 0.15) is 47.0 Å². The van der Waals surface area contributed by atoms with Crippen molar-refractivity contribution in [3.8, 4) is 0 Å². The van der Waals surface area contributed by atoms with Gasteiger partial charge in [0.25, 0.3) is 5.91 Å². The number of aromatic nitrogens is 1. The van der Waals surface area contributed by atoms with Gasteiger partial charge in [-0.1, -0.05) is 31.0 Å². The Morgan fingerprint density at radius 1 is 1.07 bits per heavy atom. The molecule has 0 atom stereocenters. The first-order chi connectivity index (χ1) is 13.7. The molecular formula is C21H26N4O2S. The maximum Gasteiger partial charge on any atom is 0.265 e. The number of hydrogen-bond donors (Lipinski definition) is 1. The molecule has 6 nitrogen and oxygen atoms in total. The largest absolute Gasteiger partial charge is 0.335 e. The third-order valence-corrected chi connectivity index (χ3v) is 6.45. The van der Waals surface area contributed by atoms with Crippen molar-refractivity contribution in [2.75, 3.05) is 38.0 Å². The second-order valence-electron chi connectivity index (χ2n) is 7.53. The van der Waals surface area contributed by atoms with Crippen LogP contribution in [0.3, 0.4) is 0 Å². The number of nitrogens with zero attached hydrogens (tertiary/aromatic N) is 3. The highest BCUT2D eigenvalue weighted by Gasteiger charge is 2.29. The van der Waals surface area contributed by atoms with Crippen molar-refractivity contribution in [3.63, 3.8) is 0 Å². The van der Waals surface area contributed by atoms with Crippen LogP contribution < -0.4 is 5.32 Å². The Bertz CT molecular complexity index is 809. The standard InChI is InChI=1S/C21H26N4O2S/c26-18(23-17-8-2-1-3-9-17)14-24-10-12-25(13-11-24)21(27)20-19(22-15-28-20)16-6-4-5-7-16/h1-3,8-9,15-16H,4-7,10-14H2,(H,23,26). The lowest BCUT2D eigenvalue weighted by molar-refractivity contribution is -0.117. The number of amides is 2. The molecule has 1 aliphatic carbocycles. The van der Waals surface area contributed by atoms with Crippen molar-refractivity contribution in [2.45, 2.75) is 31.6 Å². The van der Waals surface area contributed by atoms with Gasteiger partial charge in [0.15, 0.2) is 0 Å². The highest BCUT2D eigenvalue weighted by atomic mass is 32.1. The van der Waals surface area contributed by atoms with Crippen molar-refractivity contribution in [1.82, 2.24) is 14.8 Å².